The highest BCUT2D eigenvalue weighted by atomic mass is 16.5. The Morgan fingerprint density at radius 1 is 1.16 bits per heavy atom. The molecule has 0 unspecified atom stereocenters. The Bertz CT molecular complexity index is 728. The lowest BCUT2D eigenvalue weighted by Crippen LogP contribution is -2.55. The molecule has 1 saturated heterocycles. The largest absolute Gasteiger partial charge is 0.377 e. The Morgan fingerprint density at radius 2 is 1.92 bits per heavy atom. The van der Waals surface area contributed by atoms with Crippen LogP contribution in [0.5, 0.6) is 0 Å². The van der Waals surface area contributed by atoms with Crippen LogP contribution in [0.4, 0.5) is 5.69 Å². The minimum Gasteiger partial charge on any atom is -0.377 e. The summed E-state index contributed by atoms with van der Waals surface area (Å²) in [5, 5.41) is 0. The van der Waals surface area contributed by atoms with Crippen LogP contribution in [0.25, 0.3) is 0 Å². The van der Waals surface area contributed by atoms with Gasteiger partial charge in [-0.05, 0) is 37.6 Å². The minimum absolute atomic E-state index is 0.0725. The van der Waals surface area contributed by atoms with Crippen LogP contribution in [-0.2, 0) is 11.3 Å². The van der Waals surface area contributed by atoms with Gasteiger partial charge in [0, 0.05) is 31.4 Å². The number of benzene rings is 2. The van der Waals surface area contributed by atoms with Gasteiger partial charge in [-0.3, -0.25) is 4.79 Å². The Morgan fingerprint density at radius 3 is 2.64 bits per heavy atom. The highest BCUT2D eigenvalue weighted by molar-refractivity contribution is 5.95. The number of hydrogen-bond acceptors (Lipinski definition) is 3. The van der Waals surface area contributed by atoms with Crippen molar-refractivity contribution >= 4 is 11.6 Å². The van der Waals surface area contributed by atoms with Crippen molar-refractivity contribution in [1.82, 2.24) is 4.90 Å². The average molecular weight is 338 g/mol. The Kier molecular flexibility index (Phi) is 5.09. The second-order valence-electron chi connectivity index (χ2n) is 7.21. The lowest BCUT2D eigenvalue weighted by atomic mass is 10.0. The van der Waals surface area contributed by atoms with Crippen molar-refractivity contribution in [3.05, 3.63) is 65.7 Å². The summed E-state index contributed by atoms with van der Waals surface area (Å²) in [7, 11) is 2.05. The number of amides is 1. The van der Waals surface area contributed by atoms with Crippen molar-refractivity contribution in [2.24, 2.45) is 0 Å². The van der Waals surface area contributed by atoms with E-state index in [1.54, 1.807) is 0 Å². The van der Waals surface area contributed by atoms with Crippen molar-refractivity contribution in [2.45, 2.75) is 25.9 Å². The lowest BCUT2D eigenvalue weighted by molar-refractivity contribution is -0.0370. The zero-order valence-electron chi connectivity index (χ0n) is 15.2. The molecule has 0 aliphatic carbocycles. The van der Waals surface area contributed by atoms with Crippen LogP contribution in [0, 0.1) is 0 Å². The fraction of sp³-hybridized carbons (Fsp3) is 0.381. The molecular formula is C21H26N2O2. The van der Waals surface area contributed by atoms with Gasteiger partial charge < -0.3 is 14.5 Å². The van der Waals surface area contributed by atoms with E-state index in [9.17, 15) is 4.79 Å². The molecule has 0 aromatic heterocycles. The van der Waals surface area contributed by atoms with Crippen LogP contribution in [0.2, 0.25) is 0 Å². The molecule has 0 bridgehead atoms. The van der Waals surface area contributed by atoms with Gasteiger partial charge in [-0.2, -0.15) is 0 Å². The van der Waals surface area contributed by atoms with Crippen LogP contribution in [0.1, 0.15) is 29.8 Å². The second-order valence-corrected chi connectivity index (χ2v) is 7.21. The van der Waals surface area contributed by atoms with E-state index < -0.39 is 0 Å². The molecule has 1 heterocycles. The van der Waals surface area contributed by atoms with Crippen molar-refractivity contribution < 1.29 is 9.53 Å². The smallest absolute Gasteiger partial charge is 0.254 e. The topological polar surface area (TPSA) is 32.8 Å². The van der Waals surface area contributed by atoms with Gasteiger partial charge >= 0.3 is 0 Å². The molecule has 4 nitrogen and oxygen atoms in total. The Labute approximate surface area is 150 Å². The maximum absolute atomic E-state index is 13.0. The van der Waals surface area contributed by atoms with Crippen LogP contribution in [-0.4, -0.2) is 43.2 Å². The first-order valence-corrected chi connectivity index (χ1v) is 8.72. The average Bonchev–Trinajstić information content (AvgIpc) is 2.62. The molecule has 0 N–H and O–H groups in total. The summed E-state index contributed by atoms with van der Waals surface area (Å²) in [5.74, 6) is 0.0725. The number of rotatable bonds is 4. The molecule has 1 amide bonds. The lowest BCUT2D eigenvalue weighted by Gasteiger charge is -2.42. The summed E-state index contributed by atoms with van der Waals surface area (Å²) in [6.07, 6.45) is 0. The molecule has 1 fully saturated rings. The van der Waals surface area contributed by atoms with E-state index >= 15 is 0 Å². The van der Waals surface area contributed by atoms with Gasteiger partial charge in [0.25, 0.3) is 5.91 Å². The summed E-state index contributed by atoms with van der Waals surface area (Å²) >= 11 is 0. The van der Waals surface area contributed by atoms with E-state index in [1.807, 2.05) is 47.4 Å². The van der Waals surface area contributed by atoms with Crippen molar-refractivity contribution in [1.29, 1.82) is 0 Å². The summed E-state index contributed by atoms with van der Waals surface area (Å²) in [6.45, 7) is 6.72. The third-order valence-electron chi connectivity index (χ3n) is 4.69. The van der Waals surface area contributed by atoms with Gasteiger partial charge in [0.15, 0.2) is 0 Å². The highest BCUT2D eigenvalue weighted by Gasteiger charge is 2.34. The van der Waals surface area contributed by atoms with Crippen LogP contribution in [0.3, 0.4) is 0 Å². The van der Waals surface area contributed by atoms with E-state index in [4.69, 9.17) is 4.74 Å². The molecule has 1 aliphatic heterocycles. The molecule has 132 valence electrons. The van der Waals surface area contributed by atoms with E-state index in [1.165, 1.54) is 5.56 Å². The maximum atomic E-state index is 13.0. The van der Waals surface area contributed by atoms with E-state index in [-0.39, 0.29) is 11.4 Å². The van der Waals surface area contributed by atoms with E-state index in [2.05, 4.69) is 37.9 Å². The molecule has 0 saturated carbocycles. The van der Waals surface area contributed by atoms with E-state index in [0.717, 1.165) is 17.8 Å². The van der Waals surface area contributed by atoms with Gasteiger partial charge in [0.2, 0.25) is 0 Å². The molecule has 0 atom stereocenters. The van der Waals surface area contributed by atoms with Crippen LogP contribution < -0.4 is 4.90 Å². The molecule has 0 spiro atoms. The third kappa shape index (κ3) is 4.02. The summed E-state index contributed by atoms with van der Waals surface area (Å²) in [6, 6.07) is 18.2. The van der Waals surface area contributed by atoms with Gasteiger partial charge in [0.05, 0.1) is 18.8 Å². The number of nitrogens with zero attached hydrogens (tertiary/aromatic N) is 2. The molecule has 2 aromatic carbocycles. The molecule has 25 heavy (non-hydrogen) atoms. The van der Waals surface area contributed by atoms with Crippen molar-refractivity contribution in [3.8, 4) is 0 Å². The quantitative estimate of drug-likeness (QED) is 0.854. The van der Waals surface area contributed by atoms with Crippen molar-refractivity contribution in [3.63, 3.8) is 0 Å². The monoisotopic (exact) mass is 338 g/mol. The fourth-order valence-corrected chi connectivity index (χ4v) is 3.22. The normalized spacial score (nSPS) is 16.5. The molecule has 0 radical (unpaired) electrons. The predicted octanol–water partition coefficient (Wildman–Crippen LogP) is 3.57. The summed E-state index contributed by atoms with van der Waals surface area (Å²) < 4.78 is 5.53. The highest BCUT2D eigenvalue weighted by Crippen LogP contribution is 2.24. The molecule has 1 aliphatic rings. The Hall–Kier alpha value is -2.33. The molecule has 3 rings (SSSR count). The predicted molar refractivity (Wildman–Crippen MR) is 101 cm³/mol. The van der Waals surface area contributed by atoms with Gasteiger partial charge in [-0.25, -0.2) is 0 Å². The zero-order valence-corrected chi connectivity index (χ0v) is 15.2. The van der Waals surface area contributed by atoms with Gasteiger partial charge in [-0.1, -0.05) is 36.4 Å². The molecule has 4 heteroatoms. The zero-order chi connectivity index (χ0) is 17.9. The van der Waals surface area contributed by atoms with Crippen LogP contribution in [0.15, 0.2) is 54.6 Å². The standard InChI is InChI=1S/C21H26N2O2/c1-21(2)16-25-13-12-23(21)20(24)18-10-7-11-19(14-18)22(3)15-17-8-5-4-6-9-17/h4-11,14H,12-13,15-16H2,1-3H3. The minimum atomic E-state index is -0.277. The number of carbonyl (C=O) groups excluding carboxylic acids is 1. The van der Waals surface area contributed by atoms with Gasteiger partial charge in [-0.15, -0.1) is 0 Å². The van der Waals surface area contributed by atoms with E-state index in [0.29, 0.717) is 19.8 Å². The number of ether oxygens (including phenoxy) is 1. The third-order valence-corrected chi connectivity index (χ3v) is 4.69. The second kappa shape index (κ2) is 7.28. The first kappa shape index (κ1) is 17.5. The first-order valence-electron chi connectivity index (χ1n) is 8.72. The SMILES string of the molecule is CN(Cc1ccccc1)c1cccc(C(=O)N2CCOCC2(C)C)c1. The molecule has 2 aromatic rings. The first-order chi connectivity index (χ1) is 12.0. The van der Waals surface area contributed by atoms with Crippen LogP contribution >= 0.6 is 0 Å². The maximum Gasteiger partial charge on any atom is 0.254 e. The molecular weight excluding hydrogens is 312 g/mol. The van der Waals surface area contributed by atoms with Gasteiger partial charge in [0.1, 0.15) is 0 Å². The fourth-order valence-electron chi connectivity index (χ4n) is 3.22. The van der Waals surface area contributed by atoms with Crippen molar-refractivity contribution in [2.75, 3.05) is 31.7 Å². The number of morpholine rings is 1. The summed E-state index contributed by atoms with van der Waals surface area (Å²) in [4.78, 5) is 17.1. The number of hydrogen-bond donors (Lipinski definition) is 0. The summed E-state index contributed by atoms with van der Waals surface area (Å²) in [5.41, 5.74) is 2.74. The number of carbonyl (C=O) groups is 1. The Balaban J connectivity index is 1.78. The number of anilines is 1.